The molecule has 17 heavy (non-hydrogen) atoms. The van der Waals surface area contributed by atoms with Crippen LogP contribution in [-0.4, -0.2) is 30.1 Å². The zero-order valence-electron chi connectivity index (χ0n) is 13.5. The van der Waals surface area contributed by atoms with Gasteiger partial charge >= 0.3 is 0 Å². The third-order valence-electron chi connectivity index (χ3n) is 4.07. The second-order valence-electron chi connectivity index (χ2n) is 7.59. The third-order valence-corrected chi connectivity index (χ3v) is 4.07. The quantitative estimate of drug-likeness (QED) is 0.817. The predicted octanol–water partition coefficient (Wildman–Crippen LogP) is 3.50. The van der Waals surface area contributed by atoms with E-state index < -0.39 is 0 Å². The monoisotopic (exact) mass is 242 g/mol. The molecule has 0 fully saturated rings. The molecule has 0 amide bonds. The zero-order valence-corrected chi connectivity index (χ0v) is 13.5. The van der Waals surface area contributed by atoms with Gasteiger partial charge < -0.3 is 5.73 Å². The van der Waals surface area contributed by atoms with Crippen molar-refractivity contribution in [1.82, 2.24) is 4.90 Å². The second-order valence-corrected chi connectivity index (χ2v) is 7.59. The van der Waals surface area contributed by atoms with Crippen molar-refractivity contribution < 1.29 is 0 Å². The van der Waals surface area contributed by atoms with Crippen molar-refractivity contribution in [2.75, 3.05) is 7.05 Å². The number of nitrogens with two attached hydrogens (primary N) is 1. The Bertz CT molecular complexity index is 222. The Morgan fingerprint density at radius 2 is 1.41 bits per heavy atom. The molecule has 0 rings (SSSR count). The summed E-state index contributed by atoms with van der Waals surface area (Å²) in [6.07, 6.45) is 1.03. The topological polar surface area (TPSA) is 29.3 Å². The summed E-state index contributed by atoms with van der Waals surface area (Å²) in [5.74, 6) is 0. The van der Waals surface area contributed by atoms with Crippen molar-refractivity contribution in [2.45, 2.75) is 79.9 Å². The molecule has 0 aliphatic heterocycles. The van der Waals surface area contributed by atoms with E-state index in [9.17, 15) is 0 Å². The van der Waals surface area contributed by atoms with Gasteiger partial charge in [0, 0.05) is 18.1 Å². The van der Waals surface area contributed by atoms with Crippen molar-refractivity contribution in [3.8, 4) is 0 Å². The van der Waals surface area contributed by atoms with Crippen LogP contribution >= 0.6 is 0 Å². The van der Waals surface area contributed by atoms with Gasteiger partial charge in [0.15, 0.2) is 0 Å². The van der Waals surface area contributed by atoms with Crippen LogP contribution < -0.4 is 5.73 Å². The van der Waals surface area contributed by atoms with Gasteiger partial charge in [-0.25, -0.2) is 0 Å². The van der Waals surface area contributed by atoms with Crippen LogP contribution in [0.25, 0.3) is 0 Å². The lowest BCUT2D eigenvalue weighted by molar-refractivity contribution is 0.0269. The molecule has 3 unspecified atom stereocenters. The molecule has 0 saturated carbocycles. The molecule has 0 saturated heterocycles. The van der Waals surface area contributed by atoms with Crippen molar-refractivity contribution >= 4 is 0 Å². The van der Waals surface area contributed by atoms with Crippen LogP contribution in [0.15, 0.2) is 0 Å². The molecule has 2 heteroatoms. The van der Waals surface area contributed by atoms with Gasteiger partial charge in [-0.05, 0) is 31.2 Å². The summed E-state index contributed by atoms with van der Waals surface area (Å²) in [6.45, 7) is 18.2. The highest BCUT2D eigenvalue weighted by Crippen LogP contribution is 2.32. The molecule has 0 aromatic rings. The van der Waals surface area contributed by atoms with Gasteiger partial charge in [0.25, 0.3) is 0 Å². The minimum atomic E-state index is 0.212. The molecule has 0 aromatic carbocycles. The van der Waals surface area contributed by atoms with E-state index in [2.05, 4.69) is 67.3 Å². The van der Waals surface area contributed by atoms with Gasteiger partial charge in [0.1, 0.15) is 0 Å². The minimum Gasteiger partial charge on any atom is -0.326 e. The summed E-state index contributed by atoms with van der Waals surface area (Å²) in [5.41, 5.74) is 6.84. The molecular formula is C15H34N2. The summed E-state index contributed by atoms with van der Waals surface area (Å²) >= 11 is 0. The number of hydrogen-bond donors (Lipinski definition) is 1. The predicted molar refractivity (Wildman–Crippen MR) is 78.2 cm³/mol. The van der Waals surface area contributed by atoms with Gasteiger partial charge in [-0.3, -0.25) is 4.90 Å². The van der Waals surface area contributed by atoms with E-state index >= 15 is 0 Å². The molecule has 2 N–H and O–H groups in total. The lowest BCUT2D eigenvalue weighted by atomic mass is 9.77. The molecule has 0 radical (unpaired) electrons. The summed E-state index contributed by atoms with van der Waals surface area (Å²) < 4.78 is 0. The molecule has 104 valence electrons. The van der Waals surface area contributed by atoms with Crippen LogP contribution in [-0.2, 0) is 0 Å². The average molecular weight is 242 g/mol. The van der Waals surface area contributed by atoms with E-state index in [-0.39, 0.29) is 16.9 Å². The van der Waals surface area contributed by atoms with Crippen molar-refractivity contribution in [3.05, 3.63) is 0 Å². The highest BCUT2D eigenvalue weighted by atomic mass is 15.2. The summed E-state index contributed by atoms with van der Waals surface area (Å²) in [4.78, 5) is 2.48. The fraction of sp³-hybridized carbons (Fsp3) is 1.00. The molecule has 3 atom stereocenters. The van der Waals surface area contributed by atoms with Crippen LogP contribution in [0, 0.1) is 10.8 Å². The molecule has 0 heterocycles. The third kappa shape index (κ3) is 4.59. The molecule has 2 nitrogen and oxygen atoms in total. The first kappa shape index (κ1) is 16.9. The maximum absolute atomic E-state index is 6.34. The number of likely N-dealkylation sites (N-methyl/N-ethyl adjacent to an activating group) is 1. The van der Waals surface area contributed by atoms with E-state index in [0.717, 1.165) is 6.42 Å². The lowest BCUT2D eigenvalue weighted by Crippen LogP contribution is -2.57. The van der Waals surface area contributed by atoms with Crippen molar-refractivity contribution in [3.63, 3.8) is 0 Å². The number of hydrogen-bond acceptors (Lipinski definition) is 2. The summed E-state index contributed by atoms with van der Waals surface area (Å²) in [5, 5.41) is 0. The Morgan fingerprint density at radius 3 is 1.65 bits per heavy atom. The van der Waals surface area contributed by atoms with E-state index in [4.69, 9.17) is 5.73 Å². The van der Waals surface area contributed by atoms with Crippen LogP contribution in [0.3, 0.4) is 0 Å². The first-order chi connectivity index (χ1) is 7.42. The van der Waals surface area contributed by atoms with Crippen LogP contribution in [0.1, 0.15) is 61.8 Å². The van der Waals surface area contributed by atoms with E-state index in [0.29, 0.717) is 12.1 Å². The molecule has 0 bridgehead atoms. The number of rotatable bonds is 4. The fourth-order valence-electron chi connectivity index (χ4n) is 2.63. The van der Waals surface area contributed by atoms with Crippen LogP contribution in [0.2, 0.25) is 0 Å². The molecular weight excluding hydrogens is 208 g/mol. The highest BCUT2D eigenvalue weighted by molar-refractivity contribution is 4.93. The molecule has 0 spiro atoms. The van der Waals surface area contributed by atoms with Gasteiger partial charge in [-0.2, -0.15) is 0 Å². The van der Waals surface area contributed by atoms with Crippen LogP contribution in [0.4, 0.5) is 0 Å². The van der Waals surface area contributed by atoms with Gasteiger partial charge in [-0.15, -0.1) is 0 Å². The minimum absolute atomic E-state index is 0.212. The number of nitrogens with zero attached hydrogens (tertiary/aromatic N) is 1. The molecule has 0 aliphatic rings. The maximum Gasteiger partial charge on any atom is 0.0295 e. The highest BCUT2D eigenvalue weighted by Gasteiger charge is 2.37. The van der Waals surface area contributed by atoms with E-state index in [1.807, 2.05) is 0 Å². The van der Waals surface area contributed by atoms with E-state index in [1.54, 1.807) is 0 Å². The first-order valence-electron chi connectivity index (χ1n) is 6.90. The van der Waals surface area contributed by atoms with Crippen molar-refractivity contribution in [2.24, 2.45) is 16.6 Å². The van der Waals surface area contributed by atoms with Crippen molar-refractivity contribution in [1.29, 1.82) is 0 Å². The molecule has 0 aliphatic carbocycles. The van der Waals surface area contributed by atoms with Gasteiger partial charge in [0.2, 0.25) is 0 Å². The SMILES string of the molecule is CCC(N)C(N(C)C(C)C(C)(C)C)C(C)(C)C. The maximum atomic E-state index is 6.34. The van der Waals surface area contributed by atoms with Gasteiger partial charge in [-0.1, -0.05) is 48.5 Å². The average Bonchev–Trinajstić information content (AvgIpc) is 2.12. The standard InChI is InChI=1S/C15H34N2/c1-10-12(16)13(15(6,7)8)17(9)11(2)14(3,4)5/h11-13H,10,16H2,1-9H3. The Labute approximate surface area is 109 Å². The normalized spacial score (nSPS) is 19.2. The lowest BCUT2D eigenvalue weighted by Gasteiger charge is -2.47. The van der Waals surface area contributed by atoms with Gasteiger partial charge in [0.05, 0.1) is 0 Å². The molecule has 0 aromatic heterocycles. The summed E-state index contributed by atoms with van der Waals surface area (Å²) in [6, 6.07) is 1.18. The fourth-order valence-corrected chi connectivity index (χ4v) is 2.63. The van der Waals surface area contributed by atoms with Crippen LogP contribution in [0.5, 0.6) is 0 Å². The largest absolute Gasteiger partial charge is 0.326 e. The van der Waals surface area contributed by atoms with E-state index in [1.165, 1.54) is 0 Å². The Balaban J connectivity index is 5.08. The first-order valence-corrected chi connectivity index (χ1v) is 6.90. The Morgan fingerprint density at radius 1 is 1.00 bits per heavy atom. The summed E-state index contributed by atoms with van der Waals surface area (Å²) in [7, 11) is 2.22. The Hall–Kier alpha value is -0.0800. The smallest absolute Gasteiger partial charge is 0.0295 e. The zero-order chi connectivity index (χ0) is 14.0. The second kappa shape index (κ2) is 5.71. The Kier molecular flexibility index (Phi) is 5.68.